The summed E-state index contributed by atoms with van der Waals surface area (Å²) in [6.45, 7) is 17.6. The van der Waals surface area contributed by atoms with Crippen LogP contribution in [-0.4, -0.2) is 42.2 Å². The monoisotopic (exact) mass is 448 g/mol. The van der Waals surface area contributed by atoms with Crippen molar-refractivity contribution in [3.63, 3.8) is 0 Å². The van der Waals surface area contributed by atoms with E-state index in [-0.39, 0.29) is 0 Å². The van der Waals surface area contributed by atoms with E-state index in [1.807, 2.05) is 12.4 Å². The van der Waals surface area contributed by atoms with Crippen molar-refractivity contribution in [2.45, 2.75) is 85.2 Å². The average Bonchev–Trinajstić information content (AvgIpc) is 3.66. The van der Waals surface area contributed by atoms with Crippen molar-refractivity contribution in [3.05, 3.63) is 59.0 Å². The third kappa shape index (κ3) is 7.70. The van der Waals surface area contributed by atoms with Crippen LogP contribution in [0.3, 0.4) is 0 Å². The molecule has 1 fully saturated rings. The van der Waals surface area contributed by atoms with Crippen LogP contribution in [-0.2, 0) is 4.74 Å². The molecule has 3 nitrogen and oxygen atoms in total. The molecule has 0 amide bonds. The Morgan fingerprint density at radius 2 is 1.91 bits per heavy atom. The van der Waals surface area contributed by atoms with Crippen LogP contribution < -0.4 is 0 Å². The maximum absolute atomic E-state index is 6.08. The zero-order valence-corrected chi connectivity index (χ0v) is 21.8. The van der Waals surface area contributed by atoms with Gasteiger partial charge in [-0.15, -0.1) is 6.42 Å². The Morgan fingerprint density at radius 3 is 2.45 bits per heavy atom. The van der Waals surface area contributed by atoms with Gasteiger partial charge in [0, 0.05) is 43.8 Å². The van der Waals surface area contributed by atoms with Crippen LogP contribution in [0.5, 0.6) is 0 Å². The van der Waals surface area contributed by atoms with Gasteiger partial charge in [-0.2, -0.15) is 0 Å². The second-order valence-electron chi connectivity index (χ2n) is 9.56. The first kappa shape index (κ1) is 27.1. The lowest BCUT2D eigenvalue weighted by Gasteiger charge is -2.34. The van der Waals surface area contributed by atoms with Gasteiger partial charge in [-0.1, -0.05) is 25.0 Å². The minimum atomic E-state index is 0.512. The van der Waals surface area contributed by atoms with E-state index in [9.17, 15) is 0 Å². The number of aromatic nitrogens is 1. The van der Waals surface area contributed by atoms with Crippen molar-refractivity contribution in [1.29, 1.82) is 0 Å². The van der Waals surface area contributed by atoms with Gasteiger partial charge in [0.2, 0.25) is 0 Å². The smallest absolute Gasteiger partial charge is 0.0477 e. The number of allylic oxidation sites excluding steroid dienone is 5. The third-order valence-electron chi connectivity index (χ3n) is 7.11. The molecule has 3 heteroatoms. The van der Waals surface area contributed by atoms with Crippen molar-refractivity contribution in [2.24, 2.45) is 5.92 Å². The standard InChI is InChI=1S/C30H44N2O/c1-9-23(4)32(24(5)17-21-33-8)20-11-12-22(3)29(10-2)26(7)30(25(6)27-13-14-27)28-15-18-31-19-16-28/h2,15-16,18-19,23-24,27H,6,9,11-14,17,20-21H2,1,3-5,7-8H3/b29-22+,30-26+/t23-,24?/m1/s1. The van der Waals surface area contributed by atoms with Gasteiger partial charge in [0.1, 0.15) is 0 Å². The first-order valence-electron chi connectivity index (χ1n) is 12.6. The third-order valence-corrected chi connectivity index (χ3v) is 7.11. The summed E-state index contributed by atoms with van der Waals surface area (Å²) in [6.07, 6.45) is 16.5. The summed E-state index contributed by atoms with van der Waals surface area (Å²) in [5.74, 6) is 3.61. The largest absolute Gasteiger partial charge is 0.385 e. The summed E-state index contributed by atoms with van der Waals surface area (Å²) < 4.78 is 5.32. The van der Waals surface area contributed by atoms with Gasteiger partial charge in [0.15, 0.2) is 0 Å². The molecule has 1 aromatic heterocycles. The van der Waals surface area contributed by atoms with Crippen molar-refractivity contribution < 1.29 is 4.74 Å². The quantitative estimate of drug-likeness (QED) is 0.225. The fourth-order valence-electron chi connectivity index (χ4n) is 4.69. The van der Waals surface area contributed by atoms with E-state index in [1.54, 1.807) is 7.11 Å². The topological polar surface area (TPSA) is 25.4 Å². The Labute approximate surface area is 203 Å². The lowest BCUT2D eigenvalue weighted by atomic mass is 9.87. The van der Waals surface area contributed by atoms with Crippen LogP contribution >= 0.6 is 0 Å². The summed E-state index contributed by atoms with van der Waals surface area (Å²) in [6, 6.07) is 5.22. The summed E-state index contributed by atoms with van der Waals surface area (Å²) in [5.41, 5.74) is 7.08. The molecule has 0 spiro atoms. The maximum Gasteiger partial charge on any atom is 0.0477 e. The highest BCUT2D eigenvalue weighted by Gasteiger charge is 2.28. The molecule has 180 valence electrons. The molecular weight excluding hydrogens is 404 g/mol. The van der Waals surface area contributed by atoms with E-state index >= 15 is 0 Å². The van der Waals surface area contributed by atoms with Gasteiger partial charge in [-0.25, -0.2) is 0 Å². The molecule has 1 unspecified atom stereocenters. The van der Waals surface area contributed by atoms with Crippen LogP contribution in [0.4, 0.5) is 0 Å². The minimum Gasteiger partial charge on any atom is -0.385 e. The first-order valence-corrected chi connectivity index (χ1v) is 12.6. The van der Waals surface area contributed by atoms with Crippen molar-refractivity contribution in [2.75, 3.05) is 20.3 Å². The molecule has 0 N–H and O–H groups in total. The number of rotatable bonds is 14. The molecule has 1 aromatic rings. The van der Waals surface area contributed by atoms with E-state index in [0.29, 0.717) is 18.0 Å². The Hall–Kier alpha value is -2.15. The molecule has 2 atom stereocenters. The summed E-state index contributed by atoms with van der Waals surface area (Å²) in [5, 5.41) is 0. The Bertz CT molecular complexity index is 870. The van der Waals surface area contributed by atoms with Crippen molar-refractivity contribution >= 4 is 5.57 Å². The highest BCUT2D eigenvalue weighted by molar-refractivity contribution is 5.85. The molecule has 1 aliphatic rings. The highest BCUT2D eigenvalue weighted by atomic mass is 16.5. The molecule has 33 heavy (non-hydrogen) atoms. The normalized spacial score (nSPS) is 17.2. The fraction of sp³-hybridized carbons (Fsp3) is 0.567. The van der Waals surface area contributed by atoms with Crippen molar-refractivity contribution in [3.8, 4) is 12.3 Å². The second-order valence-corrected chi connectivity index (χ2v) is 9.56. The predicted molar refractivity (Wildman–Crippen MR) is 142 cm³/mol. The average molecular weight is 449 g/mol. The number of pyridine rings is 1. The van der Waals surface area contributed by atoms with Gasteiger partial charge in [-0.3, -0.25) is 9.88 Å². The van der Waals surface area contributed by atoms with Gasteiger partial charge in [0.25, 0.3) is 0 Å². The summed E-state index contributed by atoms with van der Waals surface area (Å²) >= 11 is 0. The van der Waals surface area contributed by atoms with E-state index in [4.69, 9.17) is 11.2 Å². The second kappa shape index (κ2) is 13.5. The molecule has 0 radical (unpaired) electrons. The number of terminal acetylenes is 1. The Kier molecular flexibility index (Phi) is 11.1. The SMILES string of the molecule is C#CC(=C(/C)CCCN(C(C)CCOC)[C@H](C)CC)/C(C)=C(\C(=C)C1CC1)c1ccncc1. The fourth-order valence-corrected chi connectivity index (χ4v) is 4.69. The van der Waals surface area contributed by atoms with Gasteiger partial charge in [0.05, 0.1) is 0 Å². The molecule has 0 saturated heterocycles. The maximum atomic E-state index is 6.08. The highest BCUT2D eigenvalue weighted by Crippen LogP contribution is 2.44. The van der Waals surface area contributed by atoms with Crippen LogP contribution in [0.15, 0.2) is 53.4 Å². The van der Waals surface area contributed by atoms with Crippen LogP contribution in [0.2, 0.25) is 0 Å². The lowest BCUT2D eigenvalue weighted by molar-refractivity contribution is 0.107. The molecule has 1 aliphatic carbocycles. The first-order chi connectivity index (χ1) is 15.8. The molecule has 0 aromatic carbocycles. The van der Waals surface area contributed by atoms with Gasteiger partial charge >= 0.3 is 0 Å². The van der Waals surface area contributed by atoms with E-state index in [0.717, 1.165) is 50.0 Å². The number of hydrogen-bond acceptors (Lipinski definition) is 3. The van der Waals surface area contributed by atoms with Gasteiger partial charge in [-0.05, 0) is 113 Å². The Morgan fingerprint density at radius 1 is 1.24 bits per heavy atom. The van der Waals surface area contributed by atoms with E-state index in [2.05, 4.69) is 69.1 Å². The molecule has 2 rings (SSSR count). The van der Waals surface area contributed by atoms with Gasteiger partial charge < -0.3 is 4.74 Å². The zero-order valence-electron chi connectivity index (χ0n) is 21.8. The predicted octanol–water partition coefficient (Wildman–Crippen LogP) is 7.08. The lowest BCUT2D eigenvalue weighted by Crippen LogP contribution is -2.41. The Balaban J connectivity index is 2.23. The summed E-state index contributed by atoms with van der Waals surface area (Å²) in [7, 11) is 1.78. The number of hydrogen-bond donors (Lipinski definition) is 0. The molecule has 1 heterocycles. The molecular formula is C30H44N2O. The molecule has 0 bridgehead atoms. The molecule has 1 saturated carbocycles. The van der Waals surface area contributed by atoms with Crippen LogP contribution in [0.1, 0.15) is 78.7 Å². The zero-order chi connectivity index (χ0) is 24.4. The van der Waals surface area contributed by atoms with Crippen molar-refractivity contribution in [1.82, 2.24) is 9.88 Å². The van der Waals surface area contributed by atoms with E-state index < -0.39 is 0 Å². The summed E-state index contributed by atoms with van der Waals surface area (Å²) in [4.78, 5) is 6.83. The van der Waals surface area contributed by atoms with Crippen LogP contribution in [0, 0.1) is 18.3 Å². The number of methoxy groups -OCH3 is 1. The van der Waals surface area contributed by atoms with Crippen LogP contribution in [0.25, 0.3) is 5.57 Å². The number of ether oxygens (including phenoxy) is 1. The molecule has 0 aliphatic heterocycles. The van der Waals surface area contributed by atoms with E-state index in [1.165, 1.54) is 35.1 Å². The number of nitrogens with zero attached hydrogens (tertiary/aromatic N) is 2. The minimum absolute atomic E-state index is 0.512.